The molecule has 1 saturated heterocycles. The molecule has 5 heteroatoms. The molecule has 1 amide bonds. The maximum atomic E-state index is 13.4. The molecule has 1 atom stereocenters. The summed E-state index contributed by atoms with van der Waals surface area (Å²) >= 11 is 0. The fourth-order valence-corrected chi connectivity index (χ4v) is 4.22. The average molecular weight is 401 g/mol. The van der Waals surface area contributed by atoms with E-state index in [1.54, 1.807) is 12.4 Å². The summed E-state index contributed by atoms with van der Waals surface area (Å²) < 4.78 is 0. The Hall–Kier alpha value is -3.05. The highest BCUT2D eigenvalue weighted by molar-refractivity contribution is 5.83. The number of carbonyl (C=O) groups is 1. The van der Waals surface area contributed by atoms with Crippen molar-refractivity contribution in [1.29, 1.82) is 0 Å². The van der Waals surface area contributed by atoms with Gasteiger partial charge >= 0.3 is 0 Å². The minimum atomic E-state index is -0.177. The van der Waals surface area contributed by atoms with E-state index >= 15 is 0 Å². The lowest BCUT2D eigenvalue weighted by Gasteiger charge is -2.41. The van der Waals surface area contributed by atoms with Crippen molar-refractivity contribution in [2.75, 3.05) is 19.6 Å². The van der Waals surface area contributed by atoms with E-state index in [4.69, 9.17) is 0 Å². The fourth-order valence-electron chi connectivity index (χ4n) is 4.22. The first-order chi connectivity index (χ1) is 14.8. The highest BCUT2D eigenvalue weighted by Crippen LogP contribution is 2.27. The Labute approximate surface area is 178 Å². The molecule has 154 valence electrons. The SMILES string of the molecule is CCCN1CCN(Cc2cccnc2)[C@H](Cc2ccccc2-c2cccnc2)C1=O. The predicted molar refractivity (Wildman–Crippen MR) is 119 cm³/mol. The molecule has 1 aliphatic heterocycles. The summed E-state index contributed by atoms with van der Waals surface area (Å²) in [4.78, 5) is 26.3. The van der Waals surface area contributed by atoms with Gasteiger partial charge in [-0.3, -0.25) is 19.7 Å². The third kappa shape index (κ3) is 4.57. The van der Waals surface area contributed by atoms with Crippen molar-refractivity contribution < 1.29 is 4.79 Å². The first-order valence-corrected chi connectivity index (χ1v) is 10.7. The molecule has 30 heavy (non-hydrogen) atoms. The molecule has 0 bridgehead atoms. The van der Waals surface area contributed by atoms with Gasteiger partial charge in [0.05, 0.1) is 6.04 Å². The first-order valence-electron chi connectivity index (χ1n) is 10.7. The number of pyridine rings is 2. The number of carbonyl (C=O) groups excluding carboxylic acids is 1. The fraction of sp³-hybridized carbons (Fsp3) is 0.320. The highest BCUT2D eigenvalue weighted by Gasteiger charge is 2.34. The lowest BCUT2D eigenvalue weighted by molar-refractivity contribution is -0.142. The largest absolute Gasteiger partial charge is 0.340 e. The van der Waals surface area contributed by atoms with Gasteiger partial charge in [0.25, 0.3) is 0 Å². The predicted octanol–water partition coefficient (Wildman–Crippen LogP) is 3.81. The molecule has 3 heterocycles. The topological polar surface area (TPSA) is 49.3 Å². The zero-order valence-electron chi connectivity index (χ0n) is 17.4. The Morgan fingerprint density at radius 1 is 0.967 bits per heavy atom. The van der Waals surface area contributed by atoms with Gasteiger partial charge in [-0.15, -0.1) is 0 Å². The van der Waals surface area contributed by atoms with Gasteiger partial charge in [-0.05, 0) is 41.7 Å². The van der Waals surface area contributed by atoms with E-state index in [1.165, 1.54) is 5.56 Å². The minimum Gasteiger partial charge on any atom is -0.340 e. The quantitative estimate of drug-likeness (QED) is 0.605. The molecule has 0 unspecified atom stereocenters. The Bertz CT molecular complexity index is 961. The van der Waals surface area contributed by atoms with E-state index in [2.05, 4.69) is 52.1 Å². The van der Waals surface area contributed by atoms with E-state index < -0.39 is 0 Å². The van der Waals surface area contributed by atoms with Crippen LogP contribution in [-0.2, 0) is 17.8 Å². The van der Waals surface area contributed by atoms with Crippen LogP contribution in [0.1, 0.15) is 24.5 Å². The number of rotatable bonds is 7. The lowest BCUT2D eigenvalue weighted by atomic mass is 9.93. The van der Waals surface area contributed by atoms with Gasteiger partial charge in [-0.2, -0.15) is 0 Å². The zero-order valence-corrected chi connectivity index (χ0v) is 17.4. The molecule has 5 nitrogen and oxygen atoms in total. The molecular formula is C25H28N4O. The van der Waals surface area contributed by atoms with Crippen LogP contribution in [0, 0.1) is 0 Å². The number of benzene rings is 1. The van der Waals surface area contributed by atoms with Crippen molar-refractivity contribution in [3.05, 3.63) is 84.4 Å². The normalized spacial score (nSPS) is 17.3. The van der Waals surface area contributed by atoms with Crippen molar-refractivity contribution in [3.63, 3.8) is 0 Å². The molecule has 3 aromatic rings. The number of hydrogen-bond donors (Lipinski definition) is 0. The Balaban J connectivity index is 1.63. The summed E-state index contributed by atoms with van der Waals surface area (Å²) in [5.41, 5.74) is 4.55. The second-order valence-corrected chi connectivity index (χ2v) is 7.78. The third-order valence-electron chi connectivity index (χ3n) is 5.70. The molecular weight excluding hydrogens is 372 g/mol. The lowest BCUT2D eigenvalue weighted by Crippen LogP contribution is -2.57. The van der Waals surface area contributed by atoms with Crippen LogP contribution in [0.25, 0.3) is 11.1 Å². The van der Waals surface area contributed by atoms with Gasteiger partial charge in [0, 0.05) is 56.5 Å². The van der Waals surface area contributed by atoms with Crippen LogP contribution < -0.4 is 0 Å². The van der Waals surface area contributed by atoms with Gasteiger partial charge in [-0.25, -0.2) is 0 Å². The monoisotopic (exact) mass is 400 g/mol. The van der Waals surface area contributed by atoms with Gasteiger partial charge < -0.3 is 4.90 Å². The summed E-state index contributed by atoms with van der Waals surface area (Å²) in [6, 6.07) is 16.2. The van der Waals surface area contributed by atoms with Crippen LogP contribution in [0.15, 0.2) is 73.3 Å². The Morgan fingerprint density at radius 3 is 2.50 bits per heavy atom. The number of piperazine rings is 1. The van der Waals surface area contributed by atoms with Gasteiger partial charge in [0.2, 0.25) is 5.91 Å². The standard InChI is InChI=1S/C25H28N4O/c1-2-13-28-14-15-29(19-20-7-5-11-26-17-20)24(25(28)30)16-21-8-3-4-10-23(21)22-9-6-12-27-18-22/h3-12,17-18,24H,2,13-16,19H2,1H3/t24-/m1/s1. The number of aromatic nitrogens is 2. The molecule has 4 rings (SSSR count). The zero-order chi connectivity index (χ0) is 20.8. The van der Waals surface area contributed by atoms with E-state index in [0.717, 1.165) is 49.3 Å². The van der Waals surface area contributed by atoms with Crippen molar-refractivity contribution in [2.24, 2.45) is 0 Å². The van der Waals surface area contributed by atoms with Crippen LogP contribution in [0.3, 0.4) is 0 Å². The molecule has 0 aliphatic carbocycles. The Morgan fingerprint density at radius 2 is 1.77 bits per heavy atom. The van der Waals surface area contributed by atoms with Crippen molar-refractivity contribution in [1.82, 2.24) is 19.8 Å². The molecule has 1 fully saturated rings. The van der Waals surface area contributed by atoms with Crippen molar-refractivity contribution in [2.45, 2.75) is 32.4 Å². The van der Waals surface area contributed by atoms with E-state index in [0.29, 0.717) is 6.42 Å². The van der Waals surface area contributed by atoms with Crippen LogP contribution in [-0.4, -0.2) is 51.4 Å². The van der Waals surface area contributed by atoms with E-state index in [1.807, 2.05) is 35.5 Å². The maximum Gasteiger partial charge on any atom is 0.240 e. The van der Waals surface area contributed by atoms with Gasteiger partial charge in [-0.1, -0.05) is 43.3 Å². The minimum absolute atomic E-state index is 0.177. The summed E-state index contributed by atoms with van der Waals surface area (Å²) in [6.45, 7) is 5.34. The van der Waals surface area contributed by atoms with E-state index in [9.17, 15) is 4.79 Å². The number of amides is 1. The number of hydrogen-bond acceptors (Lipinski definition) is 4. The van der Waals surface area contributed by atoms with Crippen molar-refractivity contribution >= 4 is 5.91 Å². The molecule has 0 spiro atoms. The molecule has 0 saturated carbocycles. The smallest absolute Gasteiger partial charge is 0.240 e. The van der Waals surface area contributed by atoms with Crippen LogP contribution in [0.5, 0.6) is 0 Å². The first kappa shape index (κ1) is 20.2. The molecule has 1 aliphatic rings. The van der Waals surface area contributed by atoms with Crippen molar-refractivity contribution in [3.8, 4) is 11.1 Å². The summed E-state index contributed by atoms with van der Waals surface area (Å²) in [5.74, 6) is 0.230. The second kappa shape index (κ2) is 9.63. The second-order valence-electron chi connectivity index (χ2n) is 7.78. The van der Waals surface area contributed by atoms with Gasteiger partial charge in [0.1, 0.15) is 0 Å². The molecule has 1 aromatic carbocycles. The van der Waals surface area contributed by atoms with Crippen LogP contribution in [0.2, 0.25) is 0 Å². The summed E-state index contributed by atoms with van der Waals surface area (Å²) in [6.07, 6.45) is 9.02. The Kier molecular flexibility index (Phi) is 6.50. The maximum absolute atomic E-state index is 13.4. The molecule has 0 radical (unpaired) electrons. The summed E-state index contributed by atoms with van der Waals surface area (Å²) in [7, 11) is 0. The number of nitrogens with zero attached hydrogens (tertiary/aromatic N) is 4. The van der Waals surface area contributed by atoms with Gasteiger partial charge in [0.15, 0.2) is 0 Å². The average Bonchev–Trinajstić information content (AvgIpc) is 2.80. The van der Waals surface area contributed by atoms with E-state index in [-0.39, 0.29) is 11.9 Å². The van der Waals surface area contributed by atoms with Crippen LogP contribution in [0.4, 0.5) is 0 Å². The molecule has 2 aromatic heterocycles. The summed E-state index contributed by atoms with van der Waals surface area (Å²) in [5, 5.41) is 0. The third-order valence-corrected chi connectivity index (χ3v) is 5.70. The highest BCUT2D eigenvalue weighted by atomic mass is 16.2. The van der Waals surface area contributed by atoms with Crippen LogP contribution >= 0.6 is 0 Å². The molecule has 0 N–H and O–H groups in total.